The van der Waals surface area contributed by atoms with Crippen LogP contribution < -0.4 is 5.32 Å². The zero-order valence-corrected chi connectivity index (χ0v) is 14.8. The number of para-hydroxylation sites is 1. The van der Waals surface area contributed by atoms with Crippen molar-refractivity contribution in [2.45, 2.75) is 12.7 Å². The molecule has 0 spiro atoms. The number of carbonyl (C=O) groups is 1. The summed E-state index contributed by atoms with van der Waals surface area (Å²) in [4.78, 5) is 16.3. The van der Waals surface area contributed by atoms with Gasteiger partial charge in [0.05, 0.1) is 27.3 Å². The maximum Gasteiger partial charge on any atom is 0.417 e. The van der Waals surface area contributed by atoms with Crippen molar-refractivity contribution < 1.29 is 18.0 Å². The molecular formula is C18H12ClF3N2OS. The maximum absolute atomic E-state index is 12.8. The summed E-state index contributed by atoms with van der Waals surface area (Å²) in [6, 6.07) is 11.1. The molecule has 2 aromatic carbocycles. The Morgan fingerprint density at radius 3 is 2.73 bits per heavy atom. The van der Waals surface area contributed by atoms with Gasteiger partial charge in [-0.15, -0.1) is 11.3 Å². The number of aromatic nitrogens is 1. The van der Waals surface area contributed by atoms with Crippen LogP contribution in [-0.2, 0) is 17.5 Å². The highest BCUT2D eigenvalue weighted by atomic mass is 35.5. The van der Waals surface area contributed by atoms with Crippen molar-refractivity contribution in [1.29, 1.82) is 0 Å². The number of thiazole rings is 1. The molecule has 1 amide bonds. The number of amides is 1. The van der Waals surface area contributed by atoms with E-state index in [9.17, 15) is 18.0 Å². The van der Waals surface area contributed by atoms with Gasteiger partial charge in [0.1, 0.15) is 5.01 Å². The first-order valence-corrected chi connectivity index (χ1v) is 8.69. The molecule has 0 radical (unpaired) electrons. The largest absolute Gasteiger partial charge is 0.417 e. The van der Waals surface area contributed by atoms with Gasteiger partial charge in [0, 0.05) is 6.08 Å². The third kappa shape index (κ3) is 4.42. The van der Waals surface area contributed by atoms with Gasteiger partial charge in [-0.1, -0.05) is 29.8 Å². The van der Waals surface area contributed by atoms with E-state index < -0.39 is 17.6 Å². The highest BCUT2D eigenvalue weighted by Gasteiger charge is 2.33. The number of nitrogens with zero attached hydrogens (tertiary/aromatic N) is 1. The minimum absolute atomic E-state index is 0.233. The summed E-state index contributed by atoms with van der Waals surface area (Å²) in [7, 11) is 0. The fraction of sp³-hybridized carbons (Fsp3) is 0.111. The van der Waals surface area contributed by atoms with E-state index in [4.69, 9.17) is 11.6 Å². The van der Waals surface area contributed by atoms with Crippen LogP contribution in [-0.4, -0.2) is 10.9 Å². The van der Waals surface area contributed by atoms with Gasteiger partial charge < -0.3 is 5.32 Å². The summed E-state index contributed by atoms with van der Waals surface area (Å²) in [5.74, 6) is -0.423. The number of fused-ring (bicyclic) bond motifs is 1. The average Bonchev–Trinajstić information content (AvgIpc) is 3.01. The van der Waals surface area contributed by atoms with Gasteiger partial charge >= 0.3 is 6.18 Å². The van der Waals surface area contributed by atoms with Crippen LogP contribution in [0.3, 0.4) is 0 Å². The quantitative estimate of drug-likeness (QED) is 0.608. The zero-order chi connectivity index (χ0) is 18.7. The molecule has 1 N–H and O–H groups in total. The molecule has 1 heterocycles. The van der Waals surface area contributed by atoms with Crippen molar-refractivity contribution in [3.63, 3.8) is 0 Å². The number of rotatable bonds is 4. The smallest absolute Gasteiger partial charge is 0.346 e. The van der Waals surface area contributed by atoms with E-state index in [0.29, 0.717) is 0 Å². The Morgan fingerprint density at radius 2 is 2.00 bits per heavy atom. The first-order valence-electron chi connectivity index (χ1n) is 7.50. The standard InChI is InChI=1S/C18H12ClF3N2OS/c19-13-7-5-11(9-12(13)18(20,21)22)6-8-16(25)23-10-17-24-14-3-1-2-4-15(14)26-17/h1-9H,10H2,(H,23,25)/b8-6+. The van der Waals surface area contributed by atoms with Crippen molar-refractivity contribution in [3.05, 3.63) is 69.7 Å². The minimum Gasteiger partial charge on any atom is -0.346 e. The van der Waals surface area contributed by atoms with Gasteiger partial charge in [-0.2, -0.15) is 13.2 Å². The number of hydrogen-bond donors (Lipinski definition) is 1. The monoisotopic (exact) mass is 396 g/mol. The van der Waals surface area contributed by atoms with E-state index in [0.717, 1.165) is 27.4 Å². The summed E-state index contributed by atoms with van der Waals surface area (Å²) >= 11 is 7.04. The number of halogens is 4. The third-order valence-corrected chi connectivity index (χ3v) is 4.84. The molecule has 26 heavy (non-hydrogen) atoms. The van der Waals surface area contributed by atoms with Crippen LogP contribution in [0.2, 0.25) is 5.02 Å². The lowest BCUT2D eigenvalue weighted by Crippen LogP contribution is -2.20. The van der Waals surface area contributed by atoms with E-state index in [1.165, 1.54) is 29.6 Å². The second-order valence-electron chi connectivity index (χ2n) is 5.36. The predicted octanol–water partition coefficient (Wildman–Crippen LogP) is 5.30. The Labute approximate surface area is 156 Å². The minimum atomic E-state index is -4.55. The summed E-state index contributed by atoms with van der Waals surface area (Å²) in [6.45, 7) is 0.247. The molecule has 0 bridgehead atoms. The van der Waals surface area contributed by atoms with Crippen molar-refractivity contribution in [3.8, 4) is 0 Å². The third-order valence-electron chi connectivity index (χ3n) is 3.47. The highest BCUT2D eigenvalue weighted by Crippen LogP contribution is 2.35. The van der Waals surface area contributed by atoms with Crippen molar-refractivity contribution in [2.24, 2.45) is 0 Å². The second-order valence-corrected chi connectivity index (χ2v) is 6.89. The number of carbonyl (C=O) groups excluding carboxylic acids is 1. The fourth-order valence-corrected chi connectivity index (χ4v) is 3.38. The van der Waals surface area contributed by atoms with E-state index in [-0.39, 0.29) is 17.1 Å². The van der Waals surface area contributed by atoms with Crippen LogP contribution in [0.15, 0.2) is 48.5 Å². The normalized spacial score (nSPS) is 12.0. The molecule has 0 unspecified atom stereocenters. The van der Waals surface area contributed by atoms with Crippen molar-refractivity contribution in [2.75, 3.05) is 0 Å². The van der Waals surface area contributed by atoms with Crippen LogP contribution in [0.5, 0.6) is 0 Å². The van der Waals surface area contributed by atoms with Crippen molar-refractivity contribution >= 4 is 45.1 Å². The molecule has 0 saturated heterocycles. The van der Waals surface area contributed by atoms with Gasteiger partial charge in [0.25, 0.3) is 0 Å². The Kier molecular flexibility index (Phi) is 5.29. The molecule has 0 aliphatic rings. The van der Waals surface area contributed by atoms with E-state index in [1.807, 2.05) is 24.3 Å². The van der Waals surface area contributed by atoms with Crippen LogP contribution >= 0.6 is 22.9 Å². The fourth-order valence-electron chi connectivity index (χ4n) is 2.25. The summed E-state index contributed by atoms with van der Waals surface area (Å²) in [5, 5.41) is 3.03. The highest BCUT2D eigenvalue weighted by molar-refractivity contribution is 7.18. The first kappa shape index (κ1) is 18.4. The van der Waals surface area contributed by atoms with Gasteiger partial charge in [-0.05, 0) is 35.9 Å². The molecule has 1 aromatic heterocycles. The van der Waals surface area contributed by atoms with Crippen LogP contribution in [0, 0.1) is 0 Å². The lowest BCUT2D eigenvalue weighted by Gasteiger charge is -2.09. The van der Waals surface area contributed by atoms with Crippen LogP contribution in [0.1, 0.15) is 16.1 Å². The molecule has 0 saturated carbocycles. The summed E-state index contributed by atoms with van der Waals surface area (Å²) < 4.78 is 39.5. The molecular weight excluding hydrogens is 385 g/mol. The average molecular weight is 397 g/mol. The molecule has 0 aliphatic carbocycles. The van der Waals surface area contributed by atoms with E-state index >= 15 is 0 Å². The lowest BCUT2D eigenvalue weighted by molar-refractivity contribution is -0.137. The molecule has 134 valence electrons. The van der Waals surface area contributed by atoms with Crippen LogP contribution in [0.4, 0.5) is 13.2 Å². The van der Waals surface area contributed by atoms with E-state index in [2.05, 4.69) is 10.3 Å². The Balaban J connectivity index is 1.64. The molecule has 0 atom stereocenters. The zero-order valence-electron chi connectivity index (χ0n) is 13.2. The first-order chi connectivity index (χ1) is 12.3. The molecule has 3 aromatic rings. The number of alkyl halides is 3. The van der Waals surface area contributed by atoms with Gasteiger partial charge in [-0.3, -0.25) is 4.79 Å². The van der Waals surface area contributed by atoms with Gasteiger partial charge in [0.15, 0.2) is 0 Å². The number of hydrogen-bond acceptors (Lipinski definition) is 3. The lowest BCUT2D eigenvalue weighted by atomic mass is 10.1. The summed E-state index contributed by atoms with van der Waals surface area (Å²) in [5.41, 5.74) is 0.159. The maximum atomic E-state index is 12.8. The van der Waals surface area contributed by atoms with Gasteiger partial charge in [-0.25, -0.2) is 4.98 Å². The molecule has 3 rings (SSSR count). The Morgan fingerprint density at radius 1 is 1.23 bits per heavy atom. The molecule has 0 fully saturated rings. The number of nitrogens with one attached hydrogen (secondary N) is 1. The number of benzene rings is 2. The Bertz CT molecular complexity index is 949. The topological polar surface area (TPSA) is 42.0 Å². The molecule has 3 nitrogen and oxygen atoms in total. The Hall–Kier alpha value is -2.38. The SMILES string of the molecule is O=C(/C=C/c1ccc(Cl)c(C(F)(F)F)c1)NCc1nc2ccccc2s1. The van der Waals surface area contributed by atoms with Gasteiger partial charge in [0.2, 0.25) is 5.91 Å². The predicted molar refractivity (Wildman–Crippen MR) is 97.0 cm³/mol. The second kappa shape index (κ2) is 7.47. The summed E-state index contributed by atoms with van der Waals surface area (Å²) in [6.07, 6.45) is -2.06. The molecule has 8 heteroatoms. The van der Waals surface area contributed by atoms with E-state index in [1.54, 1.807) is 0 Å². The van der Waals surface area contributed by atoms with Crippen molar-refractivity contribution in [1.82, 2.24) is 10.3 Å². The van der Waals surface area contributed by atoms with Crippen LogP contribution in [0.25, 0.3) is 16.3 Å². The molecule has 0 aliphatic heterocycles.